The number of carbonyl (C=O) groups excluding carboxylic acids is 2. The largest absolute Gasteiger partial charge is 0.444 e. The van der Waals surface area contributed by atoms with Gasteiger partial charge in [0, 0.05) is 6.54 Å². The van der Waals surface area contributed by atoms with Crippen LogP contribution in [0.15, 0.2) is 0 Å². The summed E-state index contributed by atoms with van der Waals surface area (Å²) in [6.45, 7) is 7.51. The molecule has 0 radical (unpaired) electrons. The number of ether oxygens (including phenoxy) is 1. The molecule has 15 heavy (non-hydrogen) atoms. The maximum atomic E-state index is 11.7. The molecule has 0 aromatic carbocycles. The third kappa shape index (κ3) is 2.93. The summed E-state index contributed by atoms with van der Waals surface area (Å²) < 4.78 is 5.20. The molecular weight excluding hydrogens is 262 g/mol. The van der Waals surface area contributed by atoms with Gasteiger partial charge in [-0.15, -0.1) is 0 Å². The van der Waals surface area contributed by atoms with E-state index in [-0.39, 0.29) is 10.6 Å². The molecular formula is C10H16BrNO3. The highest BCUT2D eigenvalue weighted by Gasteiger charge is 2.40. The lowest BCUT2D eigenvalue weighted by Gasteiger charge is -2.26. The van der Waals surface area contributed by atoms with Crippen molar-refractivity contribution in [2.45, 2.75) is 44.2 Å². The second-order valence-electron chi connectivity index (χ2n) is 4.68. The van der Waals surface area contributed by atoms with Gasteiger partial charge in [0.2, 0.25) is 0 Å². The molecule has 1 aliphatic heterocycles. The first-order valence-electron chi connectivity index (χ1n) is 4.90. The molecule has 1 fully saturated rings. The average Bonchev–Trinajstić information content (AvgIpc) is 2.30. The number of ketones is 1. The molecule has 0 aromatic heterocycles. The van der Waals surface area contributed by atoms with Gasteiger partial charge >= 0.3 is 6.09 Å². The number of halogens is 1. The molecule has 1 aliphatic rings. The molecule has 0 spiro atoms. The number of Topliss-reactive ketones (excluding diaryl/α,β-unsaturated/α-hetero) is 1. The summed E-state index contributed by atoms with van der Waals surface area (Å²) in [5.74, 6) is 0.0286. The van der Waals surface area contributed by atoms with Crippen molar-refractivity contribution in [3.05, 3.63) is 0 Å². The van der Waals surface area contributed by atoms with E-state index >= 15 is 0 Å². The number of rotatable bonds is 0. The fourth-order valence-corrected chi connectivity index (χ4v) is 2.08. The molecule has 0 bridgehead atoms. The Hall–Kier alpha value is -0.580. The second kappa shape index (κ2) is 4.12. The second-order valence-corrected chi connectivity index (χ2v) is 5.78. The van der Waals surface area contributed by atoms with Crippen LogP contribution < -0.4 is 0 Å². The predicted molar refractivity (Wildman–Crippen MR) is 60.1 cm³/mol. The van der Waals surface area contributed by atoms with Gasteiger partial charge in [-0.05, 0) is 27.7 Å². The minimum atomic E-state index is -0.524. The summed E-state index contributed by atoms with van der Waals surface area (Å²) in [6, 6.07) is -0.399. The van der Waals surface area contributed by atoms with Crippen molar-refractivity contribution in [1.82, 2.24) is 4.90 Å². The van der Waals surface area contributed by atoms with Crippen molar-refractivity contribution in [3.8, 4) is 0 Å². The lowest BCUT2D eigenvalue weighted by atomic mass is 10.2. The quantitative estimate of drug-likeness (QED) is 0.636. The van der Waals surface area contributed by atoms with Crippen LogP contribution in [0.4, 0.5) is 4.79 Å². The fourth-order valence-electron chi connectivity index (χ4n) is 1.39. The zero-order valence-electron chi connectivity index (χ0n) is 9.41. The van der Waals surface area contributed by atoms with Gasteiger partial charge < -0.3 is 4.74 Å². The van der Waals surface area contributed by atoms with Gasteiger partial charge in [0.05, 0.1) is 10.9 Å². The molecule has 1 heterocycles. The smallest absolute Gasteiger partial charge is 0.410 e. The summed E-state index contributed by atoms with van der Waals surface area (Å²) in [4.78, 5) is 24.4. The van der Waals surface area contributed by atoms with Crippen molar-refractivity contribution >= 4 is 27.8 Å². The van der Waals surface area contributed by atoms with E-state index in [4.69, 9.17) is 4.74 Å². The van der Waals surface area contributed by atoms with Crippen LogP contribution in [0.25, 0.3) is 0 Å². The lowest BCUT2D eigenvalue weighted by molar-refractivity contribution is -0.119. The van der Waals surface area contributed by atoms with Crippen molar-refractivity contribution < 1.29 is 14.3 Å². The van der Waals surface area contributed by atoms with Crippen LogP contribution in [0.2, 0.25) is 0 Å². The van der Waals surface area contributed by atoms with Crippen LogP contribution in [0.1, 0.15) is 27.7 Å². The van der Waals surface area contributed by atoms with Gasteiger partial charge in [-0.1, -0.05) is 15.9 Å². The zero-order valence-corrected chi connectivity index (χ0v) is 11.0. The molecule has 2 atom stereocenters. The minimum Gasteiger partial charge on any atom is -0.444 e. The molecule has 1 saturated heterocycles. The van der Waals surface area contributed by atoms with E-state index in [9.17, 15) is 9.59 Å². The first kappa shape index (κ1) is 12.5. The fraction of sp³-hybridized carbons (Fsp3) is 0.800. The highest BCUT2D eigenvalue weighted by Crippen LogP contribution is 2.22. The van der Waals surface area contributed by atoms with E-state index in [1.165, 1.54) is 4.90 Å². The highest BCUT2D eigenvalue weighted by molar-refractivity contribution is 9.10. The van der Waals surface area contributed by atoms with Crippen LogP contribution in [0.5, 0.6) is 0 Å². The number of hydrogen-bond donors (Lipinski definition) is 0. The average molecular weight is 278 g/mol. The van der Waals surface area contributed by atoms with E-state index in [0.29, 0.717) is 6.54 Å². The first-order valence-corrected chi connectivity index (χ1v) is 5.81. The topological polar surface area (TPSA) is 46.6 Å². The van der Waals surface area contributed by atoms with Crippen molar-refractivity contribution in [3.63, 3.8) is 0 Å². The Morgan fingerprint density at radius 3 is 2.40 bits per heavy atom. The SMILES string of the molecule is CC1C(=O)C(Br)CN1C(=O)OC(C)(C)C. The molecule has 0 N–H and O–H groups in total. The molecule has 5 heteroatoms. The zero-order chi connectivity index (χ0) is 11.8. The Labute approximate surface area is 98.1 Å². The van der Waals surface area contributed by atoms with Gasteiger partial charge in [0.15, 0.2) is 5.78 Å². The van der Waals surface area contributed by atoms with E-state index in [2.05, 4.69) is 15.9 Å². The molecule has 0 aliphatic carbocycles. The van der Waals surface area contributed by atoms with Crippen molar-refractivity contribution in [1.29, 1.82) is 0 Å². The molecule has 2 unspecified atom stereocenters. The summed E-state index contributed by atoms with van der Waals surface area (Å²) in [6.07, 6.45) is -0.426. The van der Waals surface area contributed by atoms with Crippen LogP contribution in [0.3, 0.4) is 0 Å². The number of amides is 1. The van der Waals surface area contributed by atoms with Crippen LogP contribution >= 0.6 is 15.9 Å². The summed E-state index contributed by atoms with van der Waals surface area (Å²) in [7, 11) is 0. The Morgan fingerprint density at radius 1 is 1.53 bits per heavy atom. The third-order valence-electron chi connectivity index (χ3n) is 2.17. The highest BCUT2D eigenvalue weighted by atomic mass is 79.9. The molecule has 4 nitrogen and oxygen atoms in total. The predicted octanol–water partition coefficient (Wildman–Crippen LogP) is 1.96. The molecule has 0 aromatic rings. The Kier molecular flexibility index (Phi) is 3.43. The maximum Gasteiger partial charge on any atom is 0.410 e. The minimum absolute atomic E-state index is 0.0286. The Morgan fingerprint density at radius 2 is 2.07 bits per heavy atom. The summed E-state index contributed by atoms with van der Waals surface area (Å²) in [5.41, 5.74) is -0.524. The number of hydrogen-bond acceptors (Lipinski definition) is 3. The summed E-state index contributed by atoms with van der Waals surface area (Å²) >= 11 is 3.23. The van der Waals surface area contributed by atoms with Crippen molar-refractivity contribution in [2.24, 2.45) is 0 Å². The van der Waals surface area contributed by atoms with Gasteiger partial charge in [0.1, 0.15) is 5.60 Å². The Bertz CT molecular complexity index is 285. The first-order chi connectivity index (χ1) is 6.72. The molecule has 86 valence electrons. The van der Waals surface area contributed by atoms with Crippen LogP contribution in [-0.4, -0.2) is 39.8 Å². The van der Waals surface area contributed by atoms with Gasteiger partial charge in [-0.25, -0.2) is 4.79 Å². The number of likely N-dealkylation sites (tertiary alicyclic amines) is 1. The standard InChI is InChI=1S/C10H16BrNO3/c1-6-8(13)7(11)5-12(6)9(14)15-10(2,3)4/h6-7H,5H2,1-4H3. The van der Waals surface area contributed by atoms with Gasteiger partial charge in [0.25, 0.3) is 0 Å². The van der Waals surface area contributed by atoms with E-state index < -0.39 is 17.7 Å². The van der Waals surface area contributed by atoms with Gasteiger partial charge in [-0.3, -0.25) is 9.69 Å². The summed E-state index contributed by atoms with van der Waals surface area (Å²) in [5, 5.41) is 0. The molecule has 1 rings (SSSR count). The molecule has 0 saturated carbocycles. The maximum absolute atomic E-state index is 11.7. The monoisotopic (exact) mass is 277 g/mol. The number of alkyl halides is 1. The van der Waals surface area contributed by atoms with E-state index in [1.54, 1.807) is 27.7 Å². The lowest BCUT2D eigenvalue weighted by Crippen LogP contribution is -2.40. The molecule has 1 amide bonds. The van der Waals surface area contributed by atoms with Crippen molar-refractivity contribution in [2.75, 3.05) is 6.54 Å². The van der Waals surface area contributed by atoms with Gasteiger partial charge in [-0.2, -0.15) is 0 Å². The third-order valence-corrected chi connectivity index (χ3v) is 2.91. The van der Waals surface area contributed by atoms with Crippen LogP contribution in [0, 0.1) is 0 Å². The van der Waals surface area contributed by atoms with E-state index in [0.717, 1.165) is 0 Å². The van der Waals surface area contributed by atoms with E-state index in [1.807, 2.05) is 0 Å². The number of nitrogens with zero attached hydrogens (tertiary/aromatic N) is 1. The normalized spacial score (nSPS) is 27.0. The van der Waals surface area contributed by atoms with Crippen LogP contribution in [-0.2, 0) is 9.53 Å². The number of carbonyl (C=O) groups is 2. The Balaban J connectivity index is 2.66.